The predicted molar refractivity (Wildman–Crippen MR) is 85.6 cm³/mol. The fourth-order valence-electron chi connectivity index (χ4n) is 1.54. The number of benzene rings is 1. The summed E-state index contributed by atoms with van der Waals surface area (Å²) in [7, 11) is 0. The second-order valence-electron chi connectivity index (χ2n) is 4.04. The van der Waals surface area contributed by atoms with E-state index in [4.69, 9.17) is 0 Å². The lowest BCUT2D eigenvalue weighted by molar-refractivity contribution is 0.102. The van der Waals surface area contributed by atoms with Crippen LogP contribution < -0.4 is 5.32 Å². The van der Waals surface area contributed by atoms with E-state index in [1.165, 1.54) is 11.3 Å². The van der Waals surface area contributed by atoms with Gasteiger partial charge in [0, 0.05) is 9.99 Å². The Morgan fingerprint density at radius 3 is 2.89 bits per heavy atom. The monoisotopic (exact) mass is 387 g/mol. The number of anilines is 1. The number of hydrogen-bond donors (Lipinski definition) is 1. The SMILES string of the molecule is CCCCc1nnc(NC(=O)c2ccccc2I)s1. The van der Waals surface area contributed by atoms with Crippen LogP contribution in [-0.2, 0) is 6.42 Å². The van der Waals surface area contributed by atoms with Crippen molar-refractivity contribution in [3.63, 3.8) is 0 Å². The number of amides is 1. The second kappa shape index (κ2) is 6.95. The van der Waals surface area contributed by atoms with Crippen molar-refractivity contribution < 1.29 is 4.79 Å². The Morgan fingerprint density at radius 1 is 1.37 bits per heavy atom. The molecule has 2 aromatic rings. The molecule has 4 nitrogen and oxygen atoms in total. The van der Waals surface area contributed by atoms with Crippen LogP contribution in [0.4, 0.5) is 5.13 Å². The molecule has 0 aliphatic heterocycles. The smallest absolute Gasteiger partial charge is 0.258 e. The van der Waals surface area contributed by atoms with Crippen molar-refractivity contribution in [1.29, 1.82) is 0 Å². The molecule has 1 heterocycles. The molecular weight excluding hydrogens is 373 g/mol. The van der Waals surface area contributed by atoms with Gasteiger partial charge < -0.3 is 0 Å². The van der Waals surface area contributed by atoms with Gasteiger partial charge in [-0.3, -0.25) is 10.1 Å². The number of unbranched alkanes of at least 4 members (excludes halogenated alkanes) is 1. The van der Waals surface area contributed by atoms with Crippen LogP contribution in [0.15, 0.2) is 24.3 Å². The van der Waals surface area contributed by atoms with E-state index >= 15 is 0 Å². The summed E-state index contributed by atoms with van der Waals surface area (Å²) in [6.07, 6.45) is 3.15. The summed E-state index contributed by atoms with van der Waals surface area (Å²) in [6, 6.07) is 7.47. The van der Waals surface area contributed by atoms with E-state index in [2.05, 4.69) is 45.0 Å². The number of nitrogens with one attached hydrogen (secondary N) is 1. The Kier molecular flexibility index (Phi) is 5.26. The highest BCUT2D eigenvalue weighted by Crippen LogP contribution is 2.19. The van der Waals surface area contributed by atoms with Crippen molar-refractivity contribution in [2.24, 2.45) is 0 Å². The van der Waals surface area contributed by atoms with Gasteiger partial charge in [-0.25, -0.2) is 0 Å². The minimum atomic E-state index is -0.136. The third-order valence-electron chi connectivity index (χ3n) is 2.55. The number of hydrogen-bond acceptors (Lipinski definition) is 4. The normalized spacial score (nSPS) is 10.4. The van der Waals surface area contributed by atoms with Crippen LogP contribution in [0, 0.1) is 3.57 Å². The maximum absolute atomic E-state index is 12.1. The van der Waals surface area contributed by atoms with Gasteiger partial charge in [0.05, 0.1) is 5.56 Å². The quantitative estimate of drug-likeness (QED) is 0.796. The highest BCUT2D eigenvalue weighted by Gasteiger charge is 2.12. The van der Waals surface area contributed by atoms with Gasteiger partial charge in [-0.1, -0.05) is 36.8 Å². The van der Waals surface area contributed by atoms with Gasteiger partial charge in [-0.05, 0) is 41.1 Å². The molecule has 0 bridgehead atoms. The van der Waals surface area contributed by atoms with Crippen LogP contribution in [0.3, 0.4) is 0 Å². The van der Waals surface area contributed by atoms with Gasteiger partial charge in [-0.2, -0.15) is 0 Å². The average molecular weight is 387 g/mol. The van der Waals surface area contributed by atoms with Gasteiger partial charge in [0.1, 0.15) is 5.01 Å². The molecule has 1 amide bonds. The third kappa shape index (κ3) is 3.97. The lowest BCUT2D eigenvalue weighted by Gasteiger charge is -2.02. The van der Waals surface area contributed by atoms with Crippen molar-refractivity contribution in [2.45, 2.75) is 26.2 Å². The van der Waals surface area contributed by atoms with E-state index in [1.54, 1.807) is 6.07 Å². The van der Waals surface area contributed by atoms with Crippen molar-refractivity contribution >= 4 is 45.0 Å². The number of halogens is 1. The topological polar surface area (TPSA) is 54.9 Å². The number of carbonyl (C=O) groups excluding carboxylic acids is 1. The summed E-state index contributed by atoms with van der Waals surface area (Å²) in [6.45, 7) is 2.14. The van der Waals surface area contributed by atoms with Crippen molar-refractivity contribution in [1.82, 2.24) is 10.2 Å². The Morgan fingerprint density at radius 2 is 2.16 bits per heavy atom. The molecule has 0 aliphatic rings. The first-order valence-electron chi connectivity index (χ1n) is 6.09. The summed E-state index contributed by atoms with van der Waals surface area (Å²) in [5.74, 6) is -0.136. The molecule has 0 fully saturated rings. The van der Waals surface area contributed by atoms with Crippen molar-refractivity contribution in [2.75, 3.05) is 5.32 Å². The number of rotatable bonds is 5. The molecule has 1 aromatic heterocycles. The second-order valence-corrected chi connectivity index (χ2v) is 6.26. The highest BCUT2D eigenvalue weighted by molar-refractivity contribution is 14.1. The molecule has 0 spiro atoms. The van der Waals surface area contributed by atoms with Crippen molar-refractivity contribution in [3.8, 4) is 0 Å². The summed E-state index contributed by atoms with van der Waals surface area (Å²) < 4.78 is 0.924. The number of aromatic nitrogens is 2. The van der Waals surface area contributed by atoms with Crippen LogP contribution in [0.5, 0.6) is 0 Å². The number of nitrogens with zero attached hydrogens (tertiary/aromatic N) is 2. The number of aryl methyl sites for hydroxylation is 1. The molecule has 0 saturated carbocycles. The fourth-order valence-corrected chi connectivity index (χ4v) is 2.95. The largest absolute Gasteiger partial charge is 0.296 e. The van der Waals surface area contributed by atoms with Crippen LogP contribution >= 0.6 is 33.9 Å². The van der Waals surface area contributed by atoms with Gasteiger partial charge in [-0.15, -0.1) is 10.2 Å². The fraction of sp³-hybridized carbons (Fsp3) is 0.308. The van der Waals surface area contributed by atoms with E-state index in [-0.39, 0.29) is 5.91 Å². The summed E-state index contributed by atoms with van der Waals surface area (Å²) >= 11 is 3.59. The molecule has 0 radical (unpaired) electrons. The molecule has 1 aromatic carbocycles. The molecule has 0 saturated heterocycles. The predicted octanol–water partition coefficient (Wildman–Crippen LogP) is 3.74. The zero-order chi connectivity index (χ0) is 13.7. The Balaban J connectivity index is 2.03. The minimum absolute atomic E-state index is 0.136. The van der Waals surface area contributed by atoms with E-state index in [9.17, 15) is 4.79 Å². The first kappa shape index (κ1) is 14.4. The maximum atomic E-state index is 12.1. The standard InChI is InChI=1S/C13H14IN3OS/c1-2-3-8-11-16-17-13(19-11)15-12(18)9-6-4-5-7-10(9)14/h4-7H,2-3,8H2,1H3,(H,15,17,18). The van der Waals surface area contributed by atoms with Gasteiger partial charge >= 0.3 is 0 Å². The zero-order valence-electron chi connectivity index (χ0n) is 10.5. The molecular formula is C13H14IN3OS. The van der Waals surface area contributed by atoms with E-state index in [0.717, 1.165) is 27.8 Å². The Labute approximate surface area is 129 Å². The number of carbonyl (C=O) groups is 1. The molecule has 19 heavy (non-hydrogen) atoms. The van der Waals surface area contributed by atoms with E-state index in [0.29, 0.717) is 10.7 Å². The first-order valence-corrected chi connectivity index (χ1v) is 7.98. The summed E-state index contributed by atoms with van der Waals surface area (Å²) in [5.41, 5.74) is 0.661. The van der Waals surface area contributed by atoms with Gasteiger partial charge in [0.2, 0.25) is 5.13 Å². The van der Waals surface area contributed by atoms with Crippen LogP contribution in [0.1, 0.15) is 35.1 Å². The molecule has 0 atom stereocenters. The summed E-state index contributed by atoms with van der Waals surface area (Å²) in [5, 5.41) is 12.4. The molecule has 1 N–H and O–H groups in total. The minimum Gasteiger partial charge on any atom is -0.296 e. The molecule has 0 unspecified atom stereocenters. The first-order chi connectivity index (χ1) is 9.20. The zero-order valence-corrected chi connectivity index (χ0v) is 13.5. The summed E-state index contributed by atoms with van der Waals surface area (Å²) in [4.78, 5) is 12.1. The average Bonchev–Trinajstić information content (AvgIpc) is 2.84. The van der Waals surface area contributed by atoms with Gasteiger partial charge in [0.25, 0.3) is 5.91 Å². The van der Waals surface area contributed by atoms with Crippen LogP contribution in [0.25, 0.3) is 0 Å². The van der Waals surface area contributed by atoms with E-state index in [1.807, 2.05) is 18.2 Å². The molecule has 2 rings (SSSR count). The Hall–Kier alpha value is -1.02. The lowest BCUT2D eigenvalue weighted by Crippen LogP contribution is -2.13. The maximum Gasteiger partial charge on any atom is 0.258 e. The molecule has 0 aliphatic carbocycles. The van der Waals surface area contributed by atoms with Crippen molar-refractivity contribution in [3.05, 3.63) is 38.4 Å². The third-order valence-corrected chi connectivity index (χ3v) is 4.39. The van der Waals surface area contributed by atoms with E-state index < -0.39 is 0 Å². The van der Waals surface area contributed by atoms with Crippen LogP contribution in [-0.4, -0.2) is 16.1 Å². The highest BCUT2D eigenvalue weighted by atomic mass is 127. The molecule has 100 valence electrons. The van der Waals surface area contributed by atoms with Gasteiger partial charge in [0.15, 0.2) is 0 Å². The van der Waals surface area contributed by atoms with Crippen LogP contribution in [0.2, 0.25) is 0 Å². The lowest BCUT2D eigenvalue weighted by atomic mass is 10.2. The Bertz CT molecular complexity index is 571. The molecule has 6 heteroatoms.